The van der Waals surface area contributed by atoms with Crippen LogP contribution in [0.5, 0.6) is 5.75 Å². The lowest BCUT2D eigenvalue weighted by Gasteiger charge is -2.37. The van der Waals surface area contributed by atoms with Gasteiger partial charge in [0.05, 0.1) is 13.2 Å². The molecule has 1 aliphatic heterocycles. The summed E-state index contributed by atoms with van der Waals surface area (Å²) < 4.78 is 16.8. The summed E-state index contributed by atoms with van der Waals surface area (Å²) in [5.41, 5.74) is -0.0411. The first-order valence-electron chi connectivity index (χ1n) is 10.6. The molecule has 0 spiro atoms. The smallest absolute Gasteiger partial charge is 0.260 e. The number of ether oxygens (including phenoxy) is 3. The van der Waals surface area contributed by atoms with Gasteiger partial charge in [-0.15, -0.1) is 0 Å². The van der Waals surface area contributed by atoms with Crippen LogP contribution in [0, 0.1) is 5.92 Å². The van der Waals surface area contributed by atoms with Crippen molar-refractivity contribution in [2.75, 3.05) is 44.8 Å². The topological polar surface area (TPSA) is 77.1 Å². The molecule has 2 aliphatic rings. The minimum Gasteiger partial charge on any atom is -0.484 e. The average Bonchev–Trinajstić information content (AvgIpc) is 2.75. The molecule has 0 aromatic heterocycles. The van der Waals surface area contributed by atoms with Gasteiger partial charge < -0.3 is 24.4 Å². The molecule has 1 aliphatic carbocycles. The van der Waals surface area contributed by atoms with Crippen molar-refractivity contribution in [2.24, 2.45) is 5.92 Å². The zero-order valence-corrected chi connectivity index (χ0v) is 17.4. The SMILES string of the molecule is CCOC1(C(=O)Nc2ccc(OCC(=O)N3CCOCC3)cc2)CCC(C)CC1. The third-order valence-electron chi connectivity index (χ3n) is 5.75. The van der Waals surface area contributed by atoms with Crippen LogP contribution >= 0.6 is 0 Å². The third-order valence-corrected chi connectivity index (χ3v) is 5.75. The first kappa shape index (κ1) is 21.6. The molecule has 160 valence electrons. The van der Waals surface area contributed by atoms with Gasteiger partial charge in [-0.2, -0.15) is 0 Å². The summed E-state index contributed by atoms with van der Waals surface area (Å²) in [5, 5.41) is 2.99. The van der Waals surface area contributed by atoms with Crippen LogP contribution < -0.4 is 10.1 Å². The first-order chi connectivity index (χ1) is 14.0. The summed E-state index contributed by atoms with van der Waals surface area (Å²) in [4.78, 5) is 26.8. The molecule has 0 bridgehead atoms. The molecule has 29 heavy (non-hydrogen) atoms. The van der Waals surface area contributed by atoms with Gasteiger partial charge in [0.15, 0.2) is 6.61 Å². The lowest BCUT2D eigenvalue weighted by atomic mass is 9.78. The van der Waals surface area contributed by atoms with Crippen LogP contribution in [0.15, 0.2) is 24.3 Å². The Kier molecular flexibility index (Phi) is 7.50. The van der Waals surface area contributed by atoms with E-state index in [9.17, 15) is 9.59 Å². The first-order valence-corrected chi connectivity index (χ1v) is 10.6. The Hall–Kier alpha value is -2.12. The molecule has 0 radical (unpaired) electrons. The van der Waals surface area contributed by atoms with Crippen LogP contribution in [0.25, 0.3) is 0 Å². The molecule has 2 fully saturated rings. The van der Waals surface area contributed by atoms with Crippen molar-refractivity contribution in [1.29, 1.82) is 0 Å². The van der Waals surface area contributed by atoms with Gasteiger partial charge in [-0.1, -0.05) is 6.92 Å². The number of carbonyl (C=O) groups excluding carboxylic acids is 2. The van der Waals surface area contributed by atoms with Gasteiger partial charge >= 0.3 is 0 Å². The van der Waals surface area contributed by atoms with Gasteiger partial charge in [0.1, 0.15) is 11.4 Å². The monoisotopic (exact) mass is 404 g/mol. The average molecular weight is 405 g/mol. The Bertz CT molecular complexity index is 677. The van der Waals surface area contributed by atoms with Gasteiger partial charge in [-0.25, -0.2) is 0 Å². The summed E-state index contributed by atoms with van der Waals surface area (Å²) in [6.07, 6.45) is 3.49. The largest absolute Gasteiger partial charge is 0.484 e. The van der Waals surface area contributed by atoms with Crippen molar-refractivity contribution in [1.82, 2.24) is 4.90 Å². The second-order valence-electron chi connectivity index (χ2n) is 7.87. The Morgan fingerprint density at radius 1 is 1.17 bits per heavy atom. The van der Waals surface area contributed by atoms with Crippen molar-refractivity contribution in [3.63, 3.8) is 0 Å². The summed E-state index contributed by atoms with van der Waals surface area (Å²) >= 11 is 0. The van der Waals surface area contributed by atoms with E-state index in [1.54, 1.807) is 29.2 Å². The minimum absolute atomic E-state index is 0.00264. The molecule has 1 aromatic carbocycles. The van der Waals surface area contributed by atoms with Gasteiger partial charge in [-0.05, 0) is 62.8 Å². The number of anilines is 1. The highest BCUT2D eigenvalue weighted by Crippen LogP contribution is 2.36. The Morgan fingerprint density at radius 3 is 2.45 bits per heavy atom. The number of rotatable bonds is 7. The molecule has 1 saturated heterocycles. The zero-order valence-electron chi connectivity index (χ0n) is 17.4. The van der Waals surface area contributed by atoms with E-state index in [0.29, 0.717) is 50.3 Å². The highest BCUT2D eigenvalue weighted by Gasteiger charge is 2.41. The van der Waals surface area contributed by atoms with Crippen molar-refractivity contribution in [3.8, 4) is 5.75 Å². The van der Waals surface area contributed by atoms with Crippen molar-refractivity contribution >= 4 is 17.5 Å². The van der Waals surface area contributed by atoms with Crippen molar-refractivity contribution in [3.05, 3.63) is 24.3 Å². The number of nitrogens with one attached hydrogen (secondary N) is 1. The predicted molar refractivity (Wildman–Crippen MR) is 110 cm³/mol. The maximum Gasteiger partial charge on any atom is 0.260 e. The fourth-order valence-corrected chi connectivity index (χ4v) is 3.87. The number of benzene rings is 1. The molecule has 1 heterocycles. The van der Waals surface area contributed by atoms with Crippen LogP contribution in [0.4, 0.5) is 5.69 Å². The van der Waals surface area contributed by atoms with Gasteiger partial charge in [0, 0.05) is 25.4 Å². The number of morpholine rings is 1. The van der Waals surface area contributed by atoms with Crippen molar-refractivity contribution < 1.29 is 23.8 Å². The number of hydrogen-bond acceptors (Lipinski definition) is 5. The van der Waals surface area contributed by atoms with E-state index < -0.39 is 5.60 Å². The van der Waals surface area contributed by atoms with Crippen LogP contribution in [-0.2, 0) is 19.1 Å². The number of carbonyl (C=O) groups is 2. The molecule has 1 saturated carbocycles. The van der Waals surface area contributed by atoms with Crippen LogP contribution in [0.3, 0.4) is 0 Å². The van der Waals surface area contributed by atoms with E-state index in [1.807, 2.05) is 6.92 Å². The van der Waals surface area contributed by atoms with E-state index in [2.05, 4.69) is 12.2 Å². The van der Waals surface area contributed by atoms with E-state index in [-0.39, 0.29) is 18.4 Å². The summed E-state index contributed by atoms with van der Waals surface area (Å²) in [7, 11) is 0. The van der Waals surface area contributed by atoms with E-state index in [1.165, 1.54) is 0 Å². The lowest BCUT2D eigenvalue weighted by Crippen LogP contribution is -2.48. The van der Waals surface area contributed by atoms with Crippen LogP contribution in [-0.4, -0.2) is 61.8 Å². The molecular formula is C22H32N2O5. The van der Waals surface area contributed by atoms with Crippen LogP contribution in [0.1, 0.15) is 39.5 Å². The predicted octanol–water partition coefficient (Wildman–Crippen LogP) is 2.85. The molecule has 7 heteroatoms. The lowest BCUT2D eigenvalue weighted by molar-refractivity contribution is -0.146. The van der Waals surface area contributed by atoms with E-state index in [4.69, 9.17) is 14.2 Å². The number of nitrogens with zero attached hydrogens (tertiary/aromatic N) is 1. The summed E-state index contributed by atoms with van der Waals surface area (Å²) in [6, 6.07) is 7.10. The molecule has 1 N–H and O–H groups in total. The maximum atomic E-state index is 12.9. The molecule has 7 nitrogen and oxygen atoms in total. The Balaban J connectivity index is 1.52. The molecule has 2 amide bonds. The van der Waals surface area contributed by atoms with Crippen molar-refractivity contribution in [2.45, 2.75) is 45.1 Å². The Labute approximate surface area is 172 Å². The number of amides is 2. The minimum atomic E-state index is -0.735. The second-order valence-corrected chi connectivity index (χ2v) is 7.87. The Morgan fingerprint density at radius 2 is 1.83 bits per heavy atom. The highest BCUT2D eigenvalue weighted by molar-refractivity contribution is 5.97. The molecule has 0 unspecified atom stereocenters. The fraction of sp³-hybridized carbons (Fsp3) is 0.636. The quantitative estimate of drug-likeness (QED) is 0.756. The summed E-state index contributed by atoms with van der Waals surface area (Å²) in [6.45, 7) is 7.02. The van der Waals surface area contributed by atoms with Gasteiger partial charge in [-0.3, -0.25) is 9.59 Å². The molecule has 3 rings (SSSR count). The fourth-order valence-electron chi connectivity index (χ4n) is 3.87. The molecule has 0 atom stereocenters. The normalized spacial score (nSPS) is 24.8. The zero-order chi connectivity index (χ0) is 20.7. The number of hydrogen-bond donors (Lipinski definition) is 1. The van der Waals surface area contributed by atoms with E-state index in [0.717, 1.165) is 25.7 Å². The molecular weight excluding hydrogens is 372 g/mol. The second kappa shape index (κ2) is 10.1. The summed E-state index contributed by atoms with van der Waals surface area (Å²) in [5.74, 6) is 1.10. The van der Waals surface area contributed by atoms with Gasteiger partial charge in [0.2, 0.25) is 0 Å². The maximum absolute atomic E-state index is 12.9. The van der Waals surface area contributed by atoms with Gasteiger partial charge in [0.25, 0.3) is 11.8 Å². The molecule has 1 aromatic rings. The van der Waals surface area contributed by atoms with E-state index >= 15 is 0 Å². The van der Waals surface area contributed by atoms with Crippen LogP contribution in [0.2, 0.25) is 0 Å². The third kappa shape index (κ3) is 5.70. The standard InChI is InChI=1S/C22H32N2O5/c1-3-29-22(10-8-17(2)9-11-22)21(26)23-18-4-6-19(7-5-18)28-16-20(25)24-12-14-27-15-13-24/h4-7,17H,3,8-16H2,1-2H3,(H,23,26). The highest BCUT2D eigenvalue weighted by atomic mass is 16.5.